The molecule has 0 spiro atoms. The molecule has 2 nitrogen and oxygen atoms in total. The second-order valence-electron chi connectivity index (χ2n) is 19.5. The highest BCUT2D eigenvalue weighted by Gasteiger charge is 2.30. The molecule has 0 aliphatic heterocycles. The Morgan fingerprint density at radius 2 is 0.984 bits per heavy atom. The minimum atomic E-state index is 0.0553. The molecule has 0 heterocycles. The molecular formula is C60H58N2. The first-order valence-corrected chi connectivity index (χ1v) is 22.8. The van der Waals surface area contributed by atoms with E-state index < -0.39 is 0 Å². The van der Waals surface area contributed by atoms with Gasteiger partial charge in [-0.2, -0.15) is 0 Å². The first-order chi connectivity index (χ1) is 29.9. The highest BCUT2D eigenvalue weighted by atomic mass is 15.2. The van der Waals surface area contributed by atoms with Crippen LogP contribution in [0.15, 0.2) is 164 Å². The third-order valence-corrected chi connectivity index (χ3v) is 13.7. The van der Waals surface area contributed by atoms with Crippen LogP contribution in [-0.4, -0.2) is 0 Å². The van der Waals surface area contributed by atoms with Crippen LogP contribution in [-0.2, 0) is 17.3 Å². The SMILES string of the molecule is CCc1cc(N(c2ccc(C(C)(C)C)cc2)c2cccc3ccccc23)c2ccc3c4c(ccc1c24)=C(N(c1ccc(C(C)(C)C)cc1)c1cccc2ccccc12)CC3CC. The van der Waals surface area contributed by atoms with Crippen molar-refractivity contribution in [3.63, 3.8) is 0 Å². The van der Waals surface area contributed by atoms with E-state index in [0.29, 0.717) is 5.92 Å². The third kappa shape index (κ3) is 6.63. The van der Waals surface area contributed by atoms with Gasteiger partial charge in [0.25, 0.3) is 0 Å². The van der Waals surface area contributed by atoms with Crippen molar-refractivity contribution in [1.82, 2.24) is 0 Å². The van der Waals surface area contributed by atoms with E-state index in [4.69, 9.17) is 0 Å². The van der Waals surface area contributed by atoms with E-state index in [-0.39, 0.29) is 10.8 Å². The van der Waals surface area contributed by atoms with Crippen molar-refractivity contribution in [3.05, 3.63) is 191 Å². The molecule has 10 rings (SSSR count). The predicted molar refractivity (Wildman–Crippen MR) is 269 cm³/mol. The van der Waals surface area contributed by atoms with Crippen LogP contribution in [0.2, 0.25) is 0 Å². The normalized spacial score (nSPS) is 14.3. The zero-order valence-electron chi connectivity index (χ0n) is 37.7. The van der Waals surface area contributed by atoms with E-state index in [1.54, 1.807) is 0 Å². The second-order valence-corrected chi connectivity index (χ2v) is 19.5. The molecule has 2 heteroatoms. The summed E-state index contributed by atoms with van der Waals surface area (Å²) in [7, 11) is 0. The lowest BCUT2D eigenvalue weighted by atomic mass is 9.79. The van der Waals surface area contributed by atoms with Gasteiger partial charge in [0.15, 0.2) is 0 Å². The van der Waals surface area contributed by atoms with Crippen LogP contribution in [0.5, 0.6) is 0 Å². The molecule has 0 fully saturated rings. The van der Waals surface area contributed by atoms with E-state index in [2.05, 4.69) is 229 Å². The minimum Gasteiger partial charge on any atom is -0.313 e. The van der Waals surface area contributed by atoms with Crippen LogP contribution in [0.25, 0.3) is 48.8 Å². The summed E-state index contributed by atoms with van der Waals surface area (Å²) in [6.07, 6.45) is 2.95. The molecule has 9 aromatic carbocycles. The molecule has 0 radical (unpaired) electrons. The third-order valence-electron chi connectivity index (χ3n) is 13.7. The van der Waals surface area contributed by atoms with Crippen LogP contribution < -0.4 is 15.0 Å². The van der Waals surface area contributed by atoms with E-state index >= 15 is 0 Å². The van der Waals surface area contributed by atoms with Gasteiger partial charge < -0.3 is 9.80 Å². The zero-order chi connectivity index (χ0) is 42.9. The number of aryl methyl sites for hydroxylation is 1. The Labute approximate surface area is 368 Å². The quantitative estimate of drug-likeness (QED) is 0.151. The number of hydrogen-bond donors (Lipinski definition) is 0. The fourth-order valence-corrected chi connectivity index (χ4v) is 10.3. The Morgan fingerprint density at radius 1 is 0.468 bits per heavy atom. The number of fused-ring (bicyclic) bond motifs is 2. The number of hydrogen-bond acceptors (Lipinski definition) is 2. The summed E-state index contributed by atoms with van der Waals surface area (Å²) < 4.78 is 0. The summed E-state index contributed by atoms with van der Waals surface area (Å²) in [6.45, 7) is 18.5. The molecule has 0 amide bonds. The first kappa shape index (κ1) is 39.7. The predicted octanol–water partition coefficient (Wildman–Crippen LogP) is 16.5. The van der Waals surface area contributed by atoms with E-state index in [1.165, 1.54) is 105 Å². The lowest BCUT2D eigenvalue weighted by Gasteiger charge is -2.36. The average Bonchev–Trinajstić information content (AvgIpc) is 3.28. The molecule has 308 valence electrons. The monoisotopic (exact) mass is 806 g/mol. The number of anilines is 5. The summed E-state index contributed by atoms with van der Waals surface area (Å²) in [5, 5.41) is 11.8. The topological polar surface area (TPSA) is 6.48 Å². The van der Waals surface area contributed by atoms with Crippen LogP contribution in [0.4, 0.5) is 28.4 Å². The number of benzene rings is 9. The smallest absolute Gasteiger partial charge is 0.0543 e. The van der Waals surface area contributed by atoms with Crippen molar-refractivity contribution in [2.45, 2.75) is 91.4 Å². The molecule has 1 aliphatic rings. The van der Waals surface area contributed by atoms with Crippen molar-refractivity contribution in [2.75, 3.05) is 9.80 Å². The Bertz CT molecular complexity index is 3180. The van der Waals surface area contributed by atoms with Gasteiger partial charge in [-0.25, -0.2) is 0 Å². The van der Waals surface area contributed by atoms with Crippen LogP contribution in [0.1, 0.15) is 96.4 Å². The van der Waals surface area contributed by atoms with Crippen molar-refractivity contribution in [3.8, 4) is 0 Å². The number of rotatable bonds is 8. The maximum Gasteiger partial charge on any atom is 0.0543 e. The summed E-state index contributed by atoms with van der Waals surface area (Å²) in [5.74, 6) is 0.367. The van der Waals surface area contributed by atoms with Crippen LogP contribution in [0, 0.1) is 0 Å². The van der Waals surface area contributed by atoms with Gasteiger partial charge in [-0.05, 0) is 128 Å². The standard InChI is InChI=1S/C60H58N2/c1-9-39-37-55(61(45-29-25-43(26-30-45)59(3,4)5)53-23-15-19-41-17-11-13-21-47(41)53)51-36-34-50-40(10-2)38-56(52-35-33-49(39)57(51)58(50)52)62(46-31-27-44(28-32-46)60(6,7)8)54-24-16-20-42-18-12-14-22-48(42)54/h11-37,40H,9-10,38H2,1-8H3. The molecule has 1 unspecified atom stereocenters. The minimum absolute atomic E-state index is 0.0553. The Morgan fingerprint density at radius 3 is 1.53 bits per heavy atom. The van der Waals surface area contributed by atoms with E-state index in [1.807, 2.05) is 0 Å². The van der Waals surface area contributed by atoms with Gasteiger partial charge in [0, 0.05) is 38.4 Å². The van der Waals surface area contributed by atoms with Crippen molar-refractivity contribution < 1.29 is 0 Å². The van der Waals surface area contributed by atoms with Crippen LogP contribution in [0.3, 0.4) is 0 Å². The molecule has 62 heavy (non-hydrogen) atoms. The maximum atomic E-state index is 2.60. The Balaban J connectivity index is 1.31. The summed E-state index contributed by atoms with van der Waals surface area (Å²) >= 11 is 0. The molecule has 9 aromatic rings. The largest absolute Gasteiger partial charge is 0.313 e. The zero-order valence-corrected chi connectivity index (χ0v) is 37.7. The Hall–Kier alpha value is -6.38. The molecule has 0 N–H and O–H groups in total. The second kappa shape index (κ2) is 15.2. The van der Waals surface area contributed by atoms with Gasteiger partial charge in [-0.15, -0.1) is 0 Å². The molecular weight excluding hydrogens is 749 g/mol. The lowest BCUT2D eigenvalue weighted by molar-refractivity contribution is 0.590. The maximum absolute atomic E-state index is 2.60. The van der Waals surface area contributed by atoms with Gasteiger partial charge in [0.2, 0.25) is 0 Å². The molecule has 0 bridgehead atoms. The van der Waals surface area contributed by atoms with Crippen molar-refractivity contribution >= 4 is 77.2 Å². The molecule has 0 saturated heterocycles. The average molecular weight is 807 g/mol. The van der Waals surface area contributed by atoms with Gasteiger partial charge in [-0.1, -0.05) is 177 Å². The van der Waals surface area contributed by atoms with Gasteiger partial charge in [0.1, 0.15) is 0 Å². The summed E-state index contributed by atoms with van der Waals surface area (Å²) in [5.41, 5.74) is 13.0. The number of nitrogens with zero attached hydrogens (tertiary/aromatic N) is 2. The molecule has 0 saturated carbocycles. The highest BCUT2D eigenvalue weighted by Crippen LogP contribution is 2.49. The Kier molecular flexibility index (Phi) is 9.75. The lowest BCUT2D eigenvalue weighted by Crippen LogP contribution is -2.29. The molecule has 1 atom stereocenters. The van der Waals surface area contributed by atoms with Gasteiger partial charge >= 0.3 is 0 Å². The van der Waals surface area contributed by atoms with Crippen molar-refractivity contribution in [2.24, 2.45) is 0 Å². The van der Waals surface area contributed by atoms with Gasteiger partial charge in [0.05, 0.1) is 17.1 Å². The van der Waals surface area contributed by atoms with Crippen LogP contribution >= 0.6 is 0 Å². The summed E-state index contributed by atoms with van der Waals surface area (Å²) in [4.78, 5) is 5.15. The van der Waals surface area contributed by atoms with Gasteiger partial charge in [-0.3, -0.25) is 0 Å². The van der Waals surface area contributed by atoms with E-state index in [9.17, 15) is 0 Å². The summed E-state index contributed by atoms with van der Waals surface area (Å²) in [6, 6.07) is 62.3. The fourth-order valence-electron chi connectivity index (χ4n) is 10.3. The molecule has 0 aromatic heterocycles. The highest BCUT2D eigenvalue weighted by molar-refractivity contribution is 6.19. The molecule has 1 aliphatic carbocycles. The first-order valence-electron chi connectivity index (χ1n) is 22.8. The van der Waals surface area contributed by atoms with E-state index in [0.717, 1.165) is 19.3 Å². The van der Waals surface area contributed by atoms with Crippen molar-refractivity contribution in [1.29, 1.82) is 0 Å². The fraction of sp³-hybridized carbons (Fsp3) is 0.233.